The summed E-state index contributed by atoms with van der Waals surface area (Å²) in [4.78, 5) is 15.7. The number of carbonyl (C=O) groups excluding carboxylic acids is 1. The van der Waals surface area contributed by atoms with Gasteiger partial charge in [-0.05, 0) is 154 Å². The largest absolute Gasteiger partial charge is 0.393 e. The molecule has 0 amide bonds. The van der Waals surface area contributed by atoms with Crippen LogP contribution >= 0.6 is 0 Å². The molecule has 4 bridgehead atoms. The standard InChI is InChI=1S/C22H31NO2.C20H27N3O2/c1-14-10-17-11-16-6-7-20(2)18(4-5-19(20)24)22(16)9-8-21(17,25-22)12-15(14)13-23-3;1-12-9-14-10-13-5-6-18(2)16(3-4-17(18)24)20(13)8-7-19(14,25-20)11-15(12)22-23-21/h10-11,14-15,18,23H,4-9,12-13H2,1-3H3;9-10,12,15-17,24H,3-8,11H2,1-2H3/t14-,15+,18+,20-,21+,22+;12-,15-,16+,17-,18-,19+,20+/m00/s1. The minimum absolute atomic E-state index is 0.0176. The van der Waals surface area contributed by atoms with Crippen molar-refractivity contribution in [2.45, 2.75) is 152 Å². The summed E-state index contributed by atoms with van der Waals surface area (Å²) in [6, 6.07) is -0.0250. The van der Waals surface area contributed by atoms with Crippen molar-refractivity contribution < 1.29 is 19.4 Å². The van der Waals surface area contributed by atoms with E-state index >= 15 is 0 Å². The number of azide groups is 1. The Labute approximate surface area is 298 Å². The number of nitrogens with one attached hydrogen (secondary N) is 1. The van der Waals surface area contributed by atoms with Gasteiger partial charge in [-0.3, -0.25) is 4.79 Å². The summed E-state index contributed by atoms with van der Waals surface area (Å²) in [5.74, 6) is 2.79. The second kappa shape index (κ2) is 11.1. The average molecular weight is 683 g/mol. The van der Waals surface area contributed by atoms with E-state index in [1.54, 1.807) is 0 Å². The topological polar surface area (TPSA) is 117 Å². The number of aliphatic hydroxyl groups is 1. The van der Waals surface area contributed by atoms with Crippen molar-refractivity contribution in [3.05, 3.63) is 57.0 Å². The fourth-order valence-corrected chi connectivity index (χ4v) is 13.8. The molecule has 0 unspecified atom stereocenters. The lowest BCUT2D eigenvalue weighted by Crippen LogP contribution is -2.56. The summed E-state index contributed by atoms with van der Waals surface area (Å²) in [7, 11) is 2.05. The van der Waals surface area contributed by atoms with Crippen LogP contribution in [0.1, 0.15) is 118 Å². The number of aliphatic hydroxyl groups excluding tert-OH is 1. The van der Waals surface area contributed by atoms with E-state index < -0.39 is 0 Å². The zero-order valence-corrected chi connectivity index (χ0v) is 31.0. The Balaban J connectivity index is 0.000000135. The molecule has 10 rings (SSSR count). The summed E-state index contributed by atoms with van der Waals surface area (Å²) >= 11 is 0. The molecule has 13 atom stereocenters. The molecule has 2 N–H and O–H groups in total. The van der Waals surface area contributed by atoms with Gasteiger partial charge in [0.05, 0.1) is 28.5 Å². The Hall–Kier alpha value is -2.22. The molecule has 6 fully saturated rings. The number of allylic oxidation sites excluding steroid dienone is 1. The van der Waals surface area contributed by atoms with Gasteiger partial charge in [0.2, 0.25) is 0 Å². The van der Waals surface area contributed by atoms with Gasteiger partial charge in [-0.2, -0.15) is 0 Å². The zero-order valence-electron chi connectivity index (χ0n) is 31.0. The van der Waals surface area contributed by atoms with Crippen LogP contribution in [0.2, 0.25) is 0 Å². The normalized spacial score (nSPS) is 51.9. The van der Waals surface area contributed by atoms with Crippen molar-refractivity contribution in [1.82, 2.24) is 5.32 Å². The highest BCUT2D eigenvalue weighted by Gasteiger charge is 2.69. The molecule has 4 saturated carbocycles. The Morgan fingerprint density at radius 2 is 1.50 bits per heavy atom. The lowest BCUT2D eigenvalue weighted by atomic mass is 9.58. The number of ether oxygens (including phenoxy) is 2. The molecule has 4 aliphatic heterocycles. The van der Waals surface area contributed by atoms with Crippen molar-refractivity contribution in [1.29, 1.82) is 0 Å². The molecular weight excluding hydrogens is 624 g/mol. The molecule has 0 aromatic heterocycles. The first kappa shape index (κ1) is 33.6. The minimum atomic E-state index is -0.277. The first-order valence-corrected chi connectivity index (χ1v) is 20.0. The van der Waals surface area contributed by atoms with E-state index in [4.69, 9.17) is 15.0 Å². The molecule has 8 nitrogen and oxygen atoms in total. The van der Waals surface area contributed by atoms with Crippen molar-refractivity contribution in [3.8, 4) is 0 Å². The maximum atomic E-state index is 12.6. The lowest BCUT2D eigenvalue weighted by Gasteiger charge is -2.55. The Kier molecular flexibility index (Phi) is 7.49. The van der Waals surface area contributed by atoms with Crippen molar-refractivity contribution in [2.75, 3.05) is 13.6 Å². The first-order valence-electron chi connectivity index (χ1n) is 20.0. The van der Waals surface area contributed by atoms with Crippen LogP contribution in [0.4, 0.5) is 0 Å². The smallest absolute Gasteiger partial charge is 0.139 e. The van der Waals surface area contributed by atoms with E-state index in [0.29, 0.717) is 29.5 Å². The number of ketones is 1. The van der Waals surface area contributed by atoms with Gasteiger partial charge >= 0.3 is 0 Å². The van der Waals surface area contributed by atoms with Gasteiger partial charge in [-0.25, -0.2) is 0 Å². The van der Waals surface area contributed by atoms with E-state index in [0.717, 1.165) is 96.4 Å². The second-order valence-electron chi connectivity index (χ2n) is 18.9. The van der Waals surface area contributed by atoms with Crippen molar-refractivity contribution >= 4 is 5.78 Å². The Bertz CT molecular complexity index is 1680. The molecule has 0 aromatic carbocycles. The third-order valence-corrected chi connectivity index (χ3v) is 16.7. The van der Waals surface area contributed by atoms with Crippen molar-refractivity contribution in [3.63, 3.8) is 0 Å². The van der Waals surface area contributed by atoms with Gasteiger partial charge in [0.15, 0.2) is 0 Å². The number of hydrogen-bond acceptors (Lipinski definition) is 6. The van der Waals surface area contributed by atoms with Crippen LogP contribution in [0.25, 0.3) is 10.4 Å². The molecule has 2 saturated heterocycles. The first-order chi connectivity index (χ1) is 23.9. The van der Waals surface area contributed by atoms with Crippen molar-refractivity contribution in [2.24, 2.45) is 45.5 Å². The number of Topliss-reactive ketones (excluding diaryl/α,β-unsaturated/α-hetero) is 1. The molecule has 0 aromatic rings. The summed E-state index contributed by atoms with van der Waals surface area (Å²) in [6.45, 7) is 10.0. The van der Waals surface area contributed by atoms with Crippen LogP contribution in [0.5, 0.6) is 0 Å². The number of carbonyl (C=O) groups is 1. The monoisotopic (exact) mass is 682 g/mol. The van der Waals surface area contributed by atoms with E-state index in [1.807, 2.05) is 0 Å². The van der Waals surface area contributed by atoms with Gasteiger partial charge in [-0.15, -0.1) is 0 Å². The summed E-state index contributed by atoms with van der Waals surface area (Å²) in [5, 5.41) is 18.1. The highest BCUT2D eigenvalue weighted by atomic mass is 16.5. The lowest BCUT2D eigenvalue weighted by molar-refractivity contribution is -0.153. The third kappa shape index (κ3) is 4.32. The minimum Gasteiger partial charge on any atom is -0.393 e. The highest BCUT2D eigenvalue weighted by Crippen LogP contribution is 2.69. The molecule has 6 aliphatic carbocycles. The molecule has 50 heavy (non-hydrogen) atoms. The summed E-state index contributed by atoms with van der Waals surface area (Å²) < 4.78 is 14.1. The van der Waals surface area contributed by atoms with E-state index in [1.165, 1.54) is 22.3 Å². The van der Waals surface area contributed by atoms with Gasteiger partial charge in [0, 0.05) is 28.7 Å². The Morgan fingerprint density at radius 3 is 2.18 bits per heavy atom. The third-order valence-electron chi connectivity index (χ3n) is 16.7. The maximum absolute atomic E-state index is 12.6. The fourth-order valence-electron chi connectivity index (χ4n) is 13.8. The number of nitrogens with zero attached hydrogens (tertiary/aromatic N) is 3. The molecule has 4 heterocycles. The average Bonchev–Trinajstić information content (AvgIpc) is 3.78. The SMILES string of the molecule is CNC[C@H]1C[C@@]23CC[C@@]4(O2)C(=CC3=C[C@@H]1C)CC[C@]1(C)C(=O)CC[C@H]14.C[C@H]1C=C2C=C3CC[C@@]4(C)[C@@H](CC[C@@H]4O)[C@@]34CC[C@]2(C[C@@H]1N=[N+]=[N-])O4. The second-order valence-corrected chi connectivity index (χ2v) is 18.9. The van der Waals surface area contributed by atoms with E-state index in [9.17, 15) is 9.90 Å². The quantitative estimate of drug-likeness (QED) is 0.177. The predicted octanol–water partition coefficient (Wildman–Crippen LogP) is 8.23. The van der Waals surface area contributed by atoms with E-state index in [-0.39, 0.29) is 51.3 Å². The number of rotatable bonds is 3. The van der Waals surface area contributed by atoms with Crippen LogP contribution in [0.3, 0.4) is 0 Å². The van der Waals surface area contributed by atoms with Crippen LogP contribution in [0, 0.1) is 40.4 Å². The summed E-state index contributed by atoms with van der Waals surface area (Å²) in [5.41, 5.74) is 13.8. The van der Waals surface area contributed by atoms with Crippen LogP contribution < -0.4 is 5.32 Å². The molecule has 0 radical (unpaired) electrons. The zero-order chi connectivity index (χ0) is 34.9. The van der Waals surface area contributed by atoms with Crippen LogP contribution in [-0.2, 0) is 14.3 Å². The van der Waals surface area contributed by atoms with Gasteiger partial charge in [0.25, 0.3) is 0 Å². The van der Waals surface area contributed by atoms with Gasteiger partial charge in [0.1, 0.15) is 5.78 Å². The fraction of sp³-hybridized carbons (Fsp3) is 0.786. The molecule has 10 aliphatic rings. The Morgan fingerprint density at radius 1 is 0.860 bits per heavy atom. The molecule has 270 valence electrons. The number of fused-ring (bicyclic) bond motifs is 2. The van der Waals surface area contributed by atoms with Gasteiger partial charge < -0.3 is 19.9 Å². The molecule has 4 spiro atoms. The van der Waals surface area contributed by atoms with Crippen LogP contribution in [0.15, 0.2) is 51.7 Å². The number of hydrogen-bond donors (Lipinski definition) is 2. The predicted molar refractivity (Wildman–Crippen MR) is 193 cm³/mol. The van der Waals surface area contributed by atoms with Crippen LogP contribution in [-0.4, -0.2) is 59.0 Å². The molecule has 8 heteroatoms. The summed E-state index contributed by atoms with van der Waals surface area (Å²) in [6.07, 6.45) is 23.6. The molecular formula is C42H58N4O4. The highest BCUT2D eigenvalue weighted by molar-refractivity contribution is 5.87. The van der Waals surface area contributed by atoms with Gasteiger partial charge in [-0.1, -0.05) is 57.1 Å². The van der Waals surface area contributed by atoms with E-state index in [2.05, 4.69) is 74.4 Å². The maximum Gasteiger partial charge on any atom is 0.139 e.